The van der Waals surface area contributed by atoms with Crippen LogP contribution in [-0.4, -0.2) is 52.5 Å². The molecule has 0 spiro atoms. The Kier molecular flexibility index (Phi) is 5.74. The minimum atomic E-state index is -0.0153. The Morgan fingerprint density at radius 3 is 2.33 bits per heavy atom. The average molecular weight is 256 g/mol. The van der Waals surface area contributed by atoms with Gasteiger partial charge in [0.1, 0.15) is 0 Å². The fourth-order valence-corrected chi connectivity index (χ4v) is 2.12. The molecule has 1 saturated heterocycles. The van der Waals surface area contributed by atoms with E-state index in [1.54, 1.807) is 4.90 Å². The third-order valence-corrected chi connectivity index (χ3v) is 3.21. The smallest absolute Gasteiger partial charge is 0.320 e. The van der Waals surface area contributed by atoms with Crippen molar-refractivity contribution in [3.63, 3.8) is 0 Å². The average Bonchev–Trinajstić information content (AvgIpc) is 2.63. The van der Waals surface area contributed by atoms with Crippen LogP contribution in [0.15, 0.2) is 5.16 Å². The molecule has 0 aromatic carbocycles. The van der Waals surface area contributed by atoms with Crippen LogP contribution >= 0.6 is 0 Å². The Bertz CT molecular complexity index is 296. The van der Waals surface area contributed by atoms with Crippen LogP contribution in [0.1, 0.15) is 39.5 Å². The summed E-state index contributed by atoms with van der Waals surface area (Å²) in [4.78, 5) is 15.9. The first kappa shape index (κ1) is 14.6. The largest absolute Gasteiger partial charge is 0.409 e. The molecule has 0 bridgehead atoms. The first-order valence-corrected chi connectivity index (χ1v) is 6.58. The molecular formula is C12H24N4O2. The van der Waals surface area contributed by atoms with Gasteiger partial charge < -0.3 is 20.7 Å². The number of likely N-dealkylation sites (tertiary alicyclic amines) is 1. The molecule has 0 aromatic rings. The Balaban J connectivity index is 2.68. The number of carbonyl (C=O) groups is 1. The summed E-state index contributed by atoms with van der Waals surface area (Å²) in [6, 6.07) is 0.0135. The lowest BCUT2D eigenvalue weighted by Gasteiger charge is -2.32. The summed E-state index contributed by atoms with van der Waals surface area (Å²) in [6.45, 7) is 5.64. The number of urea groups is 1. The van der Waals surface area contributed by atoms with Crippen LogP contribution < -0.4 is 5.73 Å². The summed E-state index contributed by atoms with van der Waals surface area (Å²) >= 11 is 0. The molecule has 104 valence electrons. The number of rotatable bonds is 3. The van der Waals surface area contributed by atoms with Gasteiger partial charge >= 0.3 is 6.03 Å². The normalized spacial score (nSPS) is 17.7. The predicted octanol–water partition coefficient (Wildman–Crippen LogP) is 1.44. The number of hydrogen-bond acceptors (Lipinski definition) is 3. The van der Waals surface area contributed by atoms with Gasteiger partial charge in [-0.1, -0.05) is 18.0 Å². The molecule has 3 N–H and O–H groups in total. The van der Waals surface area contributed by atoms with E-state index in [1.165, 1.54) is 12.8 Å². The number of amidine groups is 1. The summed E-state index contributed by atoms with van der Waals surface area (Å²) in [7, 11) is 0. The highest BCUT2D eigenvalue weighted by Gasteiger charge is 2.24. The van der Waals surface area contributed by atoms with E-state index in [-0.39, 0.29) is 24.5 Å². The van der Waals surface area contributed by atoms with E-state index in [2.05, 4.69) is 5.16 Å². The standard InChI is InChI=1S/C12H24N4O2/c1-10(2)16(9-11(13)14-18)12(17)15-7-5-3-4-6-8-15/h10,18H,3-9H2,1-2H3,(H2,13,14). The Hall–Kier alpha value is -1.46. The molecule has 1 aliphatic rings. The summed E-state index contributed by atoms with van der Waals surface area (Å²) in [5.41, 5.74) is 5.50. The van der Waals surface area contributed by atoms with E-state index >= 15 is 0 Å². The van der Waals surface area contributed by atoms with Crippen molar-refractivity contribution >= 4 is 11.9 Å². The number of amides is 2. The van der Waals surface area contributed by atoms with Crippen molar-refractivity contribution in [2.75, 3.05) is 19.6 Å². The van der Waals surface area contributed by atoms with Crippen molar-refractivity contribution in [2.45, 2.75) is 45.6 Å². The molecule has 6 nitrogen and oxygen atoms in total. The van der Waals surface area contributed by atoms with Crippen LogP contribution in [0.3, 0.4) is 0 Å². The van der Waals surface area contributed by atoms with Gasteiger partial charge in [0.2, 0.25) is 0 Å². The molecule has 1 heterocycles. The van der Waals surface area contributed by atoms with Crippen molar-refractivity contribution in [2.24, 2.45) is 10.9 Å². The second-order valence-electron chi connectivity index (χ2n) is 5.00. The molecule has 0 saturated carbocycles. The third-order valence-electron chi connectivity index (χ3n) is 3.21. The van der Waals surface area contributed by atoms with Gasteiger partial charge in [-0.25, -0.2) is 4.79 Å². The fraction of sp³-hybridized carbons (Fsp3) is 0.833. The molecule has 0 aromatic heterocycles. The lowest BCUT2D eigenvalue weighted by Crippen LogP contribution is -2.49. The number of nitrogens with zero attached hydrogens (tertiary/aromatic N) is 3. The fourth-order valence-electron chi connectivity index (χ4n) is 2.12. The Labute approximate surface area is 108 Å². The van der Waals surface area contributed by atoms with Gasteiger partial charge in [-0.2, -0.15) is 0 Å². The minimum absolute atomic E-state index is 0.0153. The maximum atomic E-state index is 12.4. The van der Waals surface area contributed by atoms with Gasteiger partial charge in [0.25, 0.3) is 0 Å². The second kappa shape index (κ2) is 7.08. The van der Waals surface area contributed by atoms with Gasteiger partial charge in [0.05, 0.1) is 6.54 Å². The van der Waals surface area contributed by atoms with Crippen molar-refractivity contribution in [1.29, 1.82) is 0 Å². The summed E-state index contributed by atoms with van der Waals surface area (Å²) in [5, 5.41) is 11.6. The Morgan fingerprint density at radius 2 is 1.89 bits per heavy atom. The lowest BCUT2D eigenvalue weighted by molar-refractivity contribution is 0.148. The van der Waals surface area contributed by atoms with E-state index in [0.29, 0.717) is 0 Å². The SMILES string of the molecule is CC(C)N(CC(N)=NO)C(=O)N1CCCCCC1. The van der Waals surface area contributed by atoms with Gasteiger partial charge in [-0.05, 0) is 26.7 Å². The van der Waals surface area contributed by atoms with Crippen molar-refractivity contribution < 1.29 is 10.0 Å². The zero-order chi connectivity index (χ0) is 13.5. The highest BCUT2D eigenvalue weighted by Crippen LogP contribution is 2.13. The van der Waals surface area contributed by atoms with Crippen LogP contribution in [0.4, 0.5) is 4.79 Å². The number of oxime groups is 1. The second-order valence-corrected chi connectivity index (χ2v) is 5.00. The van der Waals surface area contributed by atoms with Crippen LogP contribution in [0, 0.1) is 0 Å². The molecular weight excluding hydrogens is 232 g/mol. The molecule has 0 unspecified atom stereocenters. The molecule has 18 heavy (non-hydrogen) atoms. The summed E-state index contributed by atoms with van der Waals surface area (Å²) in [5.74, 6) is 0.0619. The Morgan fingerprint density at radius 1 is 1.33 bits per heavy atom. The van der Waals surface area contributed by atoms with Crippen LogP contribution in [0.2, 0.25) is 0 Å². The first-order valence-electron chi connectivity index (χ1n) is 6.58. The van der Waals surface area contributed by atoms with Crippen molar-refractivity contribution in [1.82, 2.24) is 9.80 Å². The minimum Gasteiger partial charge on any atom is -0.409 e. The molecule has 1 fully saturated rings. The van der Waals surface area contributed by atoms with Gasteiger partial charge in [-0.3, -0.25) is 0 Å². The number of carbonyl (C=O) groups excluding carboxylic acids is 1. The highest BCUT2D eigenvalue weighted by molar-refractivity contribution is 5.86. The zero-order valence-electron chi connectivity index (χ0n) is 11.3. The maximum Gasteiger partial charge on any atom is 0.320 e. The lowest BCUT2D eigenvalue weighted by atomic mass is 10.2. The van der Waals surface area contributed by atoms with Gasteiger partial charge in [0.15, 0.2) is 5.84 Å². The van der Waals surface area contributed by atoms with E-state index in [1.807, 2.05) is 18.7 Å². The van der Waals surface area contributed by atoms with Crippen LogP contribution in [0.5, 0.6) is 0 Å². The van der Waals surface area contributed by atoms with Crippen molar-refractivity contribution in [3.05, 3.63) is 0 Å². The molecule has 1 rings (SSSR count). The first-order chi connectivity index (χ1) is 8.56. The molecule has 0 atom stereocenters. The zero-order valence-corrected chi connectivity index (χ0v) is 11.3. The molecule has 2 amide bonds. The van der Waals surface area contributed by atoms with E-state index in [4.69, 9.17) is 10.9 Å². The predicted molar refractivity (Wildman–Crippen MR) is 70.7 cm³/mol. The molecule has 1 aliphatic heterocycles. The van der Waals surface area contributed by atoms with E-state index in [9.17, 15) is 4.79 Å². The quantitative estimate of drug-likeness (QED) is 0.347. The molecule has 6 heteroatoms. The molecule has 0 aliphatic carbocycles. The van der Waals surface area contributed by atoms with Crippen LogP contribution in [0.25, 0.3) is 0 Å². The number of nitrogens with two attached hydrogens (primary N) is 1. The van der Waals surface area contributed by atoms with E-state index < -0.39 is 0 Å². The van der Waals surface area contributed by atoms with E-state index in [0.717, 1.165) is 25.9 Å². The van der Waals surface area contributed by atoms with Crippen LogP contribution in [-0.2, 0) is 0 Å². The topological polar surface area (TPSA) is 82.2 Å². The van der Waals surface area contributed by atoms with Crippen molar-refractivity contribution in [3.8, 4) is 0 Å². The highest BCUT2D eigenvalue weighted by atomic mass is 16.4. The third kappa shape index (κ3) is 4.09. The number of hydrogen-bond donors (Lipinski definition) is 2. The molecule has 0 radical (unpaired) electrons. The monoisotopic (exact) mass is 256 g/mol. The summed E-state index contributed by atoms with van der Waals surface area (Å²) in [6.07, 6.45) is 4.49. The maximum absolute atomic E-state index is 12.4. The summed E-state index contributed by atoms with van der Waals surface area (Å²) < 4.78 is 0. The van der Waals surface area contributed by atoms with Gasteiger partial charge in [-0.15, -0.1) is 0 Å². The van der Waals surface area contributed by atoms with Gasteiger partial charge in [0, 0.05) is 19.1 Å².